The molecule has 2 heterocycles. The Morgan fingerprint density at radius 2 is 1.59 bits per heavy atom. The van der Waals surface area contributed by atoms with Crippen LogP contribution >= 0.6 is 0 Å². The van der Waals surface area contributed by atoms with Crippen molar-refractivity contribution in [2.45, 2.75) is 0 Å². The van der Waals surface area contributed by atoms with E-state index in [4.69, 9.17) is 0 Å². The minimum absolute atomic E-state index is 0.102. The van der Waals surface area contributed by atoms with Crippen molar-refractivity contribution < 1.29 is 9.59 Å². The van der Waals surface area contributed by atoms with Gasteiger partial charge in [0.1, 0.15) is 0 Å². The molecule has 2 fully saturated rings. The highest BCUT2D eigenvalue weighted by Gasteiger charge is 2.26. The Labute approximate surface area is 102 Å². The first-order valence-electron chi connectivity index (χ1n) is 6.11. The summed E-state index contributed by atoms with van der Waals surface area (Å²) < 4.78 is 0. The number of amides is 2. The first-order valence-corrected chi connectivity index (χ1v) is 6.11. The highest BCUT2D eigenvalue weighted by atomic mass is 16.2. The molecule has 0 unspecified atom stereocenters. The van der Waals surface area contributed by atoms with Crippen LogP contribution in [-0.4, -0.2) is 85.9 Å². The largest absolute Gasteiger partial charge is 0.304 e. The number of piperazine rings is 2. The van der Waals surface area contributed by atoms with E-state index in [-0.39, 0.29) is 24.9 Å². The van der Waals surface area contributed by atoms with Crippen LogP contribution in [0, 0.1) is 0 Å². The molecule has 2 amide bonds. The Hall–Kier alpha value is -0.980. The minimum Gasteiger partial charge on any atom is -0.304 e. The Balaban J connectivity index is 1.77. The van der Waals surface area contributed by atoms with Gasteiger partial charge in [-0.15, -0.1) is 0 Å². The lowest BCUT2D eigenvalue weighted by atomic mass is 10.3. The van der Waals surface area contributed by atoms with Gasteiger partial charge in [0.05, 0.1) is 13.1 Å². The highest BCUT2D eigenvalue weighted by Crippen LogP contribution is 2.01. The molecule has 0 spiro atoms. The van der Waals surface area contributed by atoms with Crippen molar-refractivity contribution in [2.24, 2.45) is 0 Å². The predicted molar refractivity (Wildman–Crippen MR) is 63.5 cm³/mol. The number of hydrogen-bond acceptors (Lipinski definition) is 5. The zero-order valence-corrected chi connectivity index (χ0v) is 10.3. The molecule has 2 aliphatic rings. The number of imide groups is 1. The Morgan fingerprint density at radius 1 is 1.00 bits per heavy atom. The first-order chi connectivity index (χ1) is 8.16. The summed E-state index contributed by atoms with van der Waals surface area (Å²) >= 11 is 0. The van der Waals surface area contributed by atoms with Crippen LogP contribution in [0.3, 0.4) is 0 Å². The number of carbonyl (C=O) groups is 2. The number of rotatable bonds is 3. The van der Waals surface area contributed by atoms with Gasteiger partial charge in [0.25, 0.3) is 0 Å². The van der Waals surface area contributed by atoms with Gasteiger partial charge in [-0.1, -0.05) is 0 Å². The lowest BCUT2D eigenvalue weighted by Gasteiger charge is -2.34. The summed E-state index contributed by atoms with van der Waals surface area (Å²) in [5.74, 6) is -0.203. The predicted octanol–water partition coefficient (Wildman–Crippen LogP) is -1.81. The van der Waals surface area contributed by atoms with E-state index < -0.39 is 0 Å². The number of nitrogens with one attached hydrogen (secondary N) is 1. The highest BCUT2D eigenvalue weighted by molar-refractivity contribution is 5.99. The molecule has 0 bridgehead atoms. The van der Waals surface area contributed by atoms with Gasteiger partial charge in [0.15, 0.2) is 0 Å². The summed E-state index contributed by atoms with van der Waals surface area (Å²) in [5.41, 5.74) is 0. The van der Waals surface area contributed by atoms with E-state index in [0.29, 0.717) is 6.54 Å². The maximum atomic E-state index is 11.5. The monoisotopic (exact) mass is 240 g/mol. The number of carbonyl (C=O) groups excluding carboxylic acids is 2. The molecule has 0 atom stereocenters. The van der Waals surface area contributed by atoms with Gasteiger partial charge in [-0.3, -0.25) is 24.7 Å². The van der Waals surface area contributed by atoms with Crippen molar-refractivity contribution in [3.63, 3.8) is 0 Å². The first kappa shape index (κ1) is 12.5. The van der Waals surface area contributed by atoms with Gasteiger partial charge >= 0.3 is 0 Å². The fourth-order valence-electron chi connectivity index (χ4n) is 2.17. The Bertz CT molecular complexity index is 284. The molecule has 0 radical (unpaired) electrons. The van der Waals surface area contributed by atoms with Gasteiger partial charge in [-0.05, 0) is 7.05 Å². The van der Waals surface area contributed by atoms with E-state index in [0.717, 1.165) is 32.7 Å². The maximum absolute atomic E-state index is 11.5. The van der Waals surface area contributed by atoms with E-state index >= 15 is 0 Å². The van der Waals surface area contributed by atoms with E-state index in [1.54, 1.807) is 0 Å². The zero-order valence-electron chi connectivity index (χ0n) is 10.3. The second-order valence-electron chi connectivity index (χ2n) is 4.69. The second kappa shape index (κ2) is 5.57. The molecule has 2 aliphatic heterocycles. The number of hydrogen-bond donors (Lipinski definition) is 1. The summed E-state index contributed by atoms with van der Waals surface area (Å²) in [4.78, 5) is 29.1. The van der Waals surface area contributed by atoms with Gasteiger partial charge in [0, 0.05) is 39.3 Å². The molecular weight excluding hydrogens is 220 g/mol. The summed E-state index contributed by atoms with van der Waals surface area (Å²) in [5, 5.41) is 2.80. The molecule has 0 aliphatic carbocycles. The average Bonchev–Trinajstić information content (AvgIpc) is 2.31. The second-order valence-corrected chi connectivity index (χ2v) is 4.69. The smallest absolute Gasteiger partial charge is 0.243 e. The van der Waals surface area contributed by atoms with Gasteiger partial charge < -0.3 is 4.90 Å². The third-order valence-electron chi connectivity index (χ3n) is 3.39. The van der Waals surface area contributed by atoms with E-state index in [2.05, 4.69) is 22.2 Å². The van der Waals surface area contributed by atoms with Crippen LogP contribution in [-0.2, 0) is 9.59 Å². The van der Waals surface area contributed by atoms with E-state index in [9.17, 15) is 9.59 Å². The van der Waals surface area contributed by atoms with Crippen LogP contribution in [0.5, 0.6) is 0 Å². The fraction of sp³-hybridized carbons (Fsp3) is 0.818. The van der Waals surface area contributed by atoms with Gasteiger partial charge in [-0.2, -0.15) is 0 Å². The lowest BCUT2D eigenvalue weighted by molar-refractivity contribution is -0.146. The molecule has 0 aromatic rings. The zero-order chi connectivity index (χ0) is 12.3. The third kappa shape index (κ3) is 3.24. The maximum Gasteiger partial charge on any atom is 0.243 e. The third-order valence-corrected chi connectivity index (χ3v) is 3.39. The molecule has 2 rings (SSSR count). The molecule has 2 saturated heterocycles. The van der Waals surface area contributed by atoms with Crippen molar-refractivity contribution in [1.82, 2.24) is 20.0 Å². The normalized spacial score (nSPS) is 24.4. The van der Waals surface area contributed by atoms with Crippen molar-refractivity contribution in [2.75, 3.05) is 59.4 Å². The summed E-state index contributed by atoms with van der Waals surface area (Å²) in [6, 6.07) is 0. The Kier molecular flexibility index (Phi) is 4.09. The topological polar surface area (TPSA) is 55.9 Å². The number of likely N-dealkylation sites (N-methyl/N-ethyl adjacent to an activating group) is 1. The molecule has 17 heavy (non-hydrogen) atoms. The van der Waals surface area contributed by atoms with Crippen LogP contribution in [0.25, 0.3) is 0 Å². The molecule has 1 N–H and O–H groups in total. The van der Waals surface area contributed by atoms with Crippen LogP contribution in [0.15, 0.2) is 0 Å². The SMILES string of the molecule is CN1CCN(CCN2C(=O)CNCC2=O)CC1. The van der Waals surface area contributed by atoms with Crippen LogP contribution in [0.1, 0.15) is 0 Å². The van der Waals surface area contributed by atoms with Crippen molar-refractivity contribution >= 4 is 11.8 Å². The standard InChI is InChI=1S/C11H20N4O2/c1-13-2-4-14(5-3-13)6-7-15-10(16)8-12-9-11(15)17/h12H,2-9H2,1H3. The number of nitrogens with zero attached hydrogens (tertiary/aromatic N) is 3. The Morgan fingerprint density at radius 3 is 2.18 bits per heavy atom. The van der Waals surface area contributed by atoms with Crippen molar-refractivity contribution in [3.05, 3.63) is 0 Å². The molecule has 6 nitrogen and oxygen atoms in total. The quantitative estimate of drug-likeness (QED) is 0.589. The minimum atomic E-state index is -0.102. The molecule has 96 valence electrons. The van der Waals surface area contributed by atoms with Gasteiger partial charge in [-0.25, -0.2) is 0 Å². The molecule has 0 aromatic carbocycles. The molecule has 0 saturated carbocycles. The van der Waals surface area contributed by atoms with Crippen LogP contribution in [0.4, 0.5) is 0 Å². The molecule has 6 heteroatoms. The van der Waals surface area contributed by atoms with Crippen molar-refractivity contribution in [3.8, 4) is 0 Å². The van der Waals surface area contributed by atoms with Crippen LogP contribution in [0.2, 0.25) is 0 Å². The van der Waals surface area contributed by atoms with Crippen LogP contribution < -0.4 is 5.32 Å². The molecule has 0 aromatic heterocycles. The van der Waals surface area contributed by atoms with E-state index in [1.807, 2.05) is 0 Å². The lowest BCUT2D eigenvalue weighted by Crippen LogP contribution is -2.55. The summed E-state index contributed by atoms with van der Waals surface area (Å²) in [6.45, 7) is 6.06. The summed E-state index contributed by atoms with van der Waals surface area (Å²) in [7, 11) is 2.11. The summed E-state index contributed by atoms with van der Waals surface area (Å²) in [6.07, 6.45) is 0. The average molecular weight is 240 g/mol. The van der Waals surface area contributed by atoms with Crippen molar-refractivity contribution in [1.29, 1.82) is 0 Å². The fourth-order valence-corrected chi connectivity index (χ4v) is 2.17. The van der Waals surface area contributed by atoms with Gasteiger partial charge in [0.2, 0.25) is 11.8 Å². The molecular formula is C11H20N4O2. The van der Waals surface area contributed by atoms with E-state index in [1.165, 1.54) is 4.90 Å².